The van der Waals surface area contributed by atoms with E-state index in [1.54, 1.807) is 6.20 Å². The third-order valence-corrected chi connectivity index (χ3v) is 5.91. The average molecular weight is 340 g/mol. The summed E-state index contributed by atoms with van der Waals surface area (Å²) >= 11 is 0. The number of hydrogen-bond donors (Lipinski definition) is 1. The molecule has 6 heteroatoms. The summed E-state index contributed by atoms with van der Waals surface area (Å²) in [6, 6.07) is 4.25. The van der Waals surface area contributed by atoms with Gasteiger partial charge in [0.25, 0.3) is 0 Å². The van der Waals surface area contributed by atoms with Crippen LogP contribution in [0.1, 0.15) is 38.4 Å². The van der Waals surface area contributed by atoms with Gasteiger partial charge in [0.1, 0.15) is 11.5 Å². The Morgan fingerprint density at radius 1 is 1.40 bits per heavy atom. The number of hydrogen-bond acceptors (Lipinski definition) is 3. The number of aromatic nitrogens is 4. The lowest BCUT2D eigenvalue weighted by Gasteiger charge is -2.14. The van der Waals surface area contributed by atoms with E-state index in [-0.39, 0.29) is 17.3 Å². The second-order valence-corrected chi connectivity index (χ2v) is 7.85. The molecule has 1 N–H and O–H groups in total. The van der Waals surface area contributed by atoms with Crippen LogP contribution in [0, 0.1) is 17.2 Å². The summed E-state index contributed by atoms with van der Waals surface area (Å²) in [7, 11) is 0. The van der Waals surface area contributed by atoms with Crippen LogP contribution in [-0.4, -0.2) is 33.0 Å². The molecule has 0 radical (unpaired) electrons. The molecule has 3 aromatic rings. The van der Waals surface area contributed by atoms with Gasteiger partial charge in [0.15, 0.2) is 0 Å². The van der Waals surface area contributed by atoms with Crippen LogP contribution in [0.15, 0.2) is 24.5 Å². The molecule has 0 spiro atoms. The van der Waals surface area contributed by atoms with E-state index in [2.05, 4.69) is 41.5 Å². The molecule has 2 fully saturated rings. The van der Waals surface area contributed by atoms with Gasteiger partial charge in [-0.1, -0.05) is 6.92 Å². The smallest absolute Gasteiger partial charge is 0.150 e. The lowest BCUT2D eigenvalue weighted by atomic mass is 10.1. The molecule has 1 aliphatic heterocycles. The van der Waals surface area contributed by atoms with Crippen LogP contribution in [0.2, 0.25) is 0 Å². The van der Waals surface area contributed by atoms with Gasteiger partial charge < -0.3 is 9.72 Å². The fraction of sp³-hybridized carbons (Fsp3) is 0.474. The Hall–Kier alpha value is -2.21. The molecule has 5 rings (SSSR count). The van der Waals surface area contributed by atoms with Crippen molar-refractivity contribution in [2.75, 3.05) is 13.2 Å². The summed E-state index contributed by atoms with van der Waals surface area (Å²) in [6.07, 6.45) is 3.10. The number of ether oxygens (including phenoxy) is 1. The summed E-state index contributed by atoms with van der Waals surface area (Å²) < 4.78 is 21.6. The zero-order chi connectivity index (χ0) is 17.3. The van der Waals surface area contributed by atoms with Crippen LogP contribution in [0.3, 0.4) is 0 Å². The highest BCUT2D eigenvalue weighted by molar-refractivity contribution is 5.81. The maximum atomic E-state index is 13.9. The quantitative estimate of drug-likeness (QED) is 0.787. The van der Waals surface area contributed by atoms with Crippen molar-refractivity contribution >= 4 is 11.0 Å². The van der Waals surface area contributed by atoms with E-state index in [4.69, 9.17) is 9.84 Å². The molecule has 0 aromatic carbocycles. The second kappa shape index (κ2) is 4.91. The lowest BCUT2D eigenvalue weighted by molar-refractivity contribution is 0.142. The molecule has 0 bridgehead atoms. The van der Waals surface area contributed by atoms with Crippen molar-refractivity contribution < 1.29 is 9.13 Å². The summed E-state index contributed by atoms with van der Waals surface area (Å²) in [5.41, 5.74) is 3.76. The first-order chi connectivity index (χ1) is 12.0. The number of nitrogens with one attached hydrogen (secondary N) is 1. The molecular formula is C19H21FN4O. The first kappa shape index (κ1) is 15.1. The minimum Gasteiger partial charge on any atom is -0.381 e. The van der Waals surface area contributed by atoms with Crippen LogP contribution in [0.25, 0.3) is 22.3 Å². The van der Waals surface area contributed by atoms with Gasteiger partial charge in [-0.3, -0.25) is 4.68 Å². The second-order valence-electron chi connectivity index (χ2n) is 7.85. The number of pyridine rings is 1. The Balaban J connectivity index is 1.60. The molecular weight excluding hydrogens is 319 g/mol. The van der Waals surface area contributed by atoms with E-state index >= 15 is 0 Å². The van der Waals surface area contributed by atoms with Crippen LogP contribution in [0.5, 0.6) is 0 Å². The van der Waals surface area contributed by atoms with Crippen LogP contribution >= 0.6 is 0 Å². The highest BCUT2D eigenvalue weighted by Gasteiger charge is 2.66. The minimum absolute atomic E-state index is 0.235. The first-order valence-electron chi connectivity index (χ1n) is 8.79. The molecule has 1 aliphatic carbocycles. The Labute approximate surface area is 145 Å². The van der Waals surface area contributed by atoms with Gasteiger partial charge in [0.2, 0.25) is 0 Å². The van der Waals surface area contributed by atoms with Gasteiger partial charge in [-0.15, -0.1) is 0 Å². The van der Waals surface area contributed by atoms with Crippen LogP contribution in [0.4, 0.5) is 4.39 Å². The number of H-pyrrole nitrogens is 1. The van der Waals surface area contributed by atoms with Gasteiger partial charge in [-0.05, 0) is 31.9 Å². The molecule has 5 nitrogen and oxygen atoms in total. The standard InChI is InChI=1S/C19H21FN4O/c1-10(2)24-16(17-13-8-25-9-19(13,17)3)5-15(23-24)11-4-12-14(20)7-22-18(12)21-6-11/h4-7,10,13,17H,8-9H2,1-3H3,(H,21,22). The topological polar surface area (TPSA) is 55.7 Å². The maximum Gasteiger partial charge on any atom is 0.150 e. The summed E-state index contributed by atoms with van der Waals surface area (Å²) in [6.45, 7) is 8.25. The van der Waals surface area contributed by atoms with Gasteiger partial charge in [0, 0.05) is 41.0 Å². The van der Waals surface area contributed by atoms with Crippen molar-refractivity contribution in [2.45, 2.75) is 32.7 Å². The largest absolute Gasteiger partial charge is 0.381 e. The minimum atomic E-state index is -0.283. The zero-order valence-electron chi connectivity index (χ0n) is 14.6. The Bertz CT molecular complexity index is 975. The summed E-state index contributed by atoms with van der Waals surface area (Å²) in [4.78, 5) is 7.16. The van der Waals surface area contributed by atoms with Crippen LogP contribution < -0.4 is 0 Å². The van der Waals surface area contributed by atoms with E-state index in [9.17, 15) is 4.39 Å². The molecule has 2 aliphatic rings. The predicted molar refractivity (Wildman–Crippen MR) is 92.8 cm³/mol. The number of nitrogens with zero attached hydrogens (tertiary/aromatic N) is 3. The molecule has 3 aromatic heterocycles. The molecule has 130 valence electrons. The van der Waals surface area contributed by atoms with Gasteiger partial charge in [0.05, 0.1) is 24.3 Å². The van der Waals surface area contributed by atoms with Crippen molar-refractivity contribution in [1.29, 1.82) is 0 Å². The molecule has 1 saturated heterocycles. The Morgan fingerprint density at radius 2 is 2.24 bits per heavy atom. The average Bonchev–Trinajstić information content (AvgIpc) is 3.06. The van der Waals surface area contributed by atoms with E-state index in [1.165, 1.54) is 11.9 Å². The third kappa shape index (κ3) is 2.03. The van der Waals surface area contributed by atoms with Crippen molar-refractivity contribution in [3.8, 4) is 11.3 Å². The molecule has 4 heterocycles. The van der Waals surface area contributed by atoms with E-state index in [1.807, 2.05) is 6.07 Å². The first-order valence-corrected chi connectivity index (χ1v) is 8.79. The van der Waals surface area contributed by atoms with Crippen molar-refractivity contribution in [1.82, 2.24) is 19.7 Å². The number of aromatic amines is 1. The normalized spacial score (nSPS) is 28.0. The van der Waals surface area contributed by atoms with E-state index in [0.29, 0.717) is 22.9 Å². The molecule has 3 unspecified atom stereocenters. The van der Waals surface area contributed by atoms with E-state index < -0.39 is 0 Å². The number of rotatable bonds is 3. The van der Waals surface area contributed by atoms with Gasteiger partial charge in [-0.2, -0.15) is 5.10 Å². The highest BCUT2D eigenvalue weighted by atomic mass is 19.1. The molecule has 1 saturated carbocycles. The summed E-state index contributed by atoms with van der Waals surface area (Å²) in [5.74, 6) is 0.789. The highest BCUT2D eigenvalue weighted by Crippen LogP contribution is 2.68. The third-order valence-electron chi connectivity index (χ3n) is 5.91. The number of halogens is 1. The predicted octanol–water partition coefficient (Wildman–Crippen LogP) is 3.90. The van der Waals surface area contributed by atoms with E-state index in [0.717, 1.165) is 24.5 Å². The SMILES string of the molecule is CC(C)n1nc(-c2cnc3[nH]cc(F)c3c2)cc1C1C2COCC21C. The zero-order valence-corrected chi connectivity index (χ0v) is 14.6. The van der Waals surface area contributed by atoms with Crippen molar-refractivity contribution in [3.63, 3.8) is 0 Å². The fourth-order valence-corrected chi connectivity index (χ4v) is 4.40. The maximum absolute atomic E-state index is 13.9. The Morgan fingerprint density at radius 3 is 2.96 bits per heavy atom. The molecule has 3 atom stereocenters. The van der Waals surface area contributed by atoms with Crippen molar-refractivity contribution in [3.05, 3.63) is 36.0 Å². The fourth-order valence-electron chi connectivity index (χ4n) is 4.40. The monoisotopic (exact) mass is 340 g/mol. The lowest BCUT2D eigenvalue weighted by Crippen LogP contribution is -2.11. The number of fused-ring (bicyclic) bond motifs is 2. The van der Waals surface area contributed by atoms with Gasteiger partial charge in [-0.25, -0.2) is 9.37 Å². The van der Waals surface area contributed by atoms with Gasteiger partial charge >= 0.3 is 0 Å². The van der Waals surface area contributed by atoms with Crippen LogP contribution in [-0.2, 0) is 4.74 Å². The molecule has 25 heavy (non-hydrogen) atoms. The summed E-state index contributed by atoms with van der Waals surface area (Å²) in [5, 5.41) is 5.33. The Kier molecular flexibility index (Phi) is 2.96. The molecule has 0 amide bonds. The van der Waals surface area contributed by atoms with Crippen molar-refractivity contribution in [2.24, 2.45) is 11.3 Å².